The Labute approximate surface area is 113 Å². The Kier molecular flexibility index (Phi) is 4.44. The Morgan fingerprint density at radius 2 is 1.79 bits per heavy atom. The summed E-state index contributed by atoms with van der Waals surface area (Å²) in [5.41, 5.74) is 0. The number of sulfonamides is 1. The van der Waals surface area contributed by atoms with Gasteiger partial charge in [0.05, 0.1) is 12.8 Å². The summed E-state index contributed by atoms with van der Waals surface area (Å²) in [6, 6.07) is 0. The zero-order chi connectivity index (χ0) is 14.0. The lowest BCUT2D eigenvalue weighted by Gasteiger charge is -2.40. The van der Waals surface area contributed by atoms with Crippen LogP contribution in [0.15, 0.2) is 0 Å². The number of likely N-dealkylation sites (tertiary alicyclic amines) is 1. The van der Waals surface area contributed by atoms with E-state index in [2.05, 4.69) is 0 Å². The maximum atomic E-state index is 12.0. The minimum Gasteiger partial charge on any atom is -0.396 e. The molecule has 0 aromatic heterocycles. The first-order valence-corrected chi connectivity index (χ1v) is 8.31. The third-order valence-electron chi connectivity index (χ3n) is 3.71. The molecule has 0 unspecified atom stereocenters. The van der Waals surface area contributed by atoms with Crippen LogP contribution in [-0.2, 0) is 14.8 Å². The third-order valence-corrected chi connectivity index (χ3v) is 5.01. The Balaban J connectivity index is 1.74. The molecule has 2 saturated heterocycles. The molecule has 2 rings (SSSR count). The van der Waals surface area contributed by atoms with E-state index in [-0.39, 0.29) is 12.5 Å². The van der Waals surface area contributed by atoms with Gasteiger partial charge >= 0.3 is 0 Å². The van der Waals surface area contributed by atoms with Crippen LogP contribution in [0.5, 0.6) is 0 Å². The van der Waals surface area contributed by atoms with Crippen LogP contribution in [0.4, 0.5) is 0 Å². The molecule has 0 spiro atoms. The van der Waals surface area contributed by atoms with E-state index in [9.17, 15) is 13.2 Å². The fraction of sp³-hybridized carbons (Fsp3) is 0.909. The molecule has 0 aromatic carbocycles. The molecule has 0 atom stereocenters. The van der Waals surface area contributed by atoms with Crippen molar-refractivity contribution >= 4 is 15.9 Å². The highest BCUT2D eigenvalue weighted by Crippen LogP contribution is 2.15. The van der Waals surface area contributed by atoms with Crippen molar-refractivity contribution in [1.29, 1.82) is 0 Å². The normalized spacial score (nSPS) is 23.4. The fourth-order valence-electron chi connectivity index (χ4n) is 2.48. The number of amides is 1. The molecular weight excluding hydrogens is 270 g/mol. The van der Waals surface area contributed by atoms with Crippen molar-refractivity contribution in [2.45, 2.75) is 0 Å². The SMILES string of the molecule is CS(=O)(=O)N1CCN(C(=O)CN2CC(CO)C2)CC1. The highest BCUT2D eigenvalue weighted by molar-refractivity contribution is 7.88. The van der Waals surface area contributed by atoms with E-state index >= 15 is 0 Å². The predicted molar refractivity (Wildman–Crippen MR) is 70.0 cm³/mol. The number of aliphatic hydroxyl groups is 1. The average molecular weight is 291 g/mol. The van der Waals surface area contributed by atoms with Crippen LogP contribution in [0.1, 0.15) is 0 Å². The minimum absolute atomic E-state index is 0.0459. The van der Waals surface area contributed by atoms with E-state index in [1.54, 1.807) is 4.90 Å². The molecule has 110 valence electrons. The van der Waals surface area contributed by atoms with Gasteiger partial charge in [-0.25, -0.2) is 8.42 Å². The van der Waals surface area contributed by atoms with Crippen molar-refractivity contribution in [3.63, 3.8) is 0 Å². The van der Waals surface area contributed by atoms with Crippen LogP contribution >= 0.6 is 0 Å². The Morgan fingerprint density at radius 3 is 2.26 bits per heavy atom. The van der Waals surface area contributed by atoms with Gasteiger partial charge in [0.25, 0.3) is 0 Å². The van der Waals surface area contributed by atoms with Gasteiger partial charge in [0.2, 0.25) is 15.9 Å². The number of carbonyl (C=O) groups excluding carboxylic acids is 1. The van der Waals surface area contributed by atoms with E-state index in [1.807, 2.05) is 4.90 Å². The molecule has 1 amide bonds. The molecule has 2 heterocycles. The Hall–Kier alpha value is -0.700. The predicted octanol–water partition coefficient (Wildman–Crippen LogP) is -1.99. The monoisotopic (exact) mass is 291 g/mol. The summed E-state index contributed by atoms with van der Waals surface area (Å²) < 4.78 is 24.1. The number of hydrogen-bond donors (Lipinski definition) is 1. The summed E-state index contributed by atoms with van der Waals surface area (Å²) in [6.07, 6.45) is 1.19. The van der Waals surface area contributed by atoms with Crippen molar-refractivity contribution in [3.05, 3.63) is 0 Å². The molecule has 0 aromatic rings. The lowest BCUT2D eigenvalue weighted by atomic mass is 10.0. The van der Waals surface area contributed by atoms with Gasteiger partial charge in [-0.2, -0.15) is 4.31 Å². The van der Waals surface area contributed by atoms with Gasteiger partial charge in [-0.1, -0.05) is 0 Å². The van der Waals surface area contributed by atoms with Crippen LogP contribution < -0.4 is 0 Å². The summed E-state index contributed by atoms with van der Waals surface area (Å²) in [5.74, 6) is 0.347. The standard InChI is InChI=1S/C11H21N3O4S/c1-19(17,18)14-4-2-13(3-5-14)11(16)8-12-6-10(7-12)9-15/h10,15H,2-9H2,1H3. The van der Waals surface area contributed by atoms with Crippen molar-refractivity contribution in [3.8, 4) is 0 Å². The van der Waals surface area contributed by atoms with Gasteiger partial charge in [0.15, 0.2) is 0 Å². The zero-order valence-corrected chi connectivity index (χ0v) is 12.0. The molecule has 0 bridgehead atoms. The number of aliphatic hydroxyl groups excluding tert-OH is 1. The molecule has 7 nitrogen and oxygen atoms in total. The second kappa shape index (κ2) is 5.74. The highest BCUT2D eigenvalue weighted by Gasteiger charge is 2.31. The van der Waals surface area contributed by atoms with Gasteiger partial charge in [-0.15, -0.1) is 0 Å². The quantitative estimate of drug-likeness (QED) is 0.649. The largest absolute Gasteiger partial charge is 0.396 e. The lowest BCUT2D eigenvalue weighted by molar-refractivity contribution is -0.135. The topological polar surface area (TPSA) is 81.2 Å². The Morgan fingerprint density at radius 1 is 1.21 bits per heavy atom. The first kappa shape index (κ1) is 14.7. The fourth-order valence-corrected chi connectivity index (χ4v) is 3.31. The maximum Gasteiger partial charge on any atom is 0.236 e. The summed E-state index contributed by atoms with van der Waals surface area (Å²) in [7, 11) is -3.15. The van der Waals surface area contributed by atoms with E-state index in [0.29, 0.717) is 38.6 Å². The molecule has 0 radical (unpaired) electrons. The van der Waals surface area contributed by atoms with Crippen molar-refractivity contribution in [2.75, 3.05) is 58.7 Å². The zero-order valence-electron chi connectivity index (χ0n) is 11.2. The number of hydrogen-bond acceptors (Lipinski definition) is 5. The first-order valence-electron chi connectivity index (χ1n) is 6.46. The molecule has 19 heavy (non-hydrogen) atoms. The molecular formula is C11H21N3O4S. The highest BCUT2D eigenvalue weighted by atomic mass is 32.2. The number of piperazine rings is 1. The number of rotatable bonds is 4. The first-order chi connectivity index (χ1) is 8.90. The summed E-state index contributed by atoms with van der Waals surface area (Å²) in [6.45, 7) is 3.77. The summed E-state index contributed by atoms with van der Waals surface area (Å²) in [5, 5.41) is 8.91. The van der Waals surface area contributed by atoms with E-state index in [1.165, 1.54) is 10.6 Å². The van der Waals surface area contributed by atoms with Gasteiger partial charge in [0, 0.05) is 51.8 Å². The van der Waals surface area contributed by atoms with E-state index in [0.717, 1.165) is 13.1 Å². The molecule has 2 fully saturated rings. The van der Waals surface area contributed by atoms with Crippen molar-refractivity contribution in [2.24, 2.45) is 5.92 Å². The second-order valence-corrected chi connectivity index (χ2v) is 7.27. The van der Waals surface area contributed by atoms with Crippen molar-refractivity contribution in [1.82, 2.24) is 14.1 Å². The van der Waals surface area contributed by atoms with Gasteiger partial charge in [-0.3, -0.25) is 9.69 Å². The summed E-state index contributed by atoms with van der Waals surface area (Å²) in [4.78, 5) is 15.7. The van der Waals surface area contributed by atoms with Crippen LogP contribution in [0.25, 0.3) is 0 Å². The average Bonchev–Trinajstić information content (AvgIpc) is 2.32. The van der Waals surface area contributed by atoms with E-state index in [4.69, 9.17) is 5.11 Å². The minimum atomic E-state index is -3.15. The molecule has 2 aliphatic rings. The number of carbonyl (C=O) groups is 1. The van der Waals surface area contributed by atoms with Crippen molar-refractivity contribution < 1.29 is 18.3 Å². The Bertz CT molecular complexity index is 425. The number of nitrogens with zero attached hydrogens (tertiary/aromatic N) is 3. The van der Waals surface area contributed by atoms with Crippen LogP contribution in [0, 0.1) is 5.92 Å². The second-order valence-electron chi connectivity index (χ2n) is 5.29. The van der Waals surface area contributed by atoms with Crippen LogP contribution in [-0.4, -0.2) is 92.2 Å². The molecule has 2 aliphatic heterocycles. The summed E-state index contributed by atoms with van der Waals surface area (Å²) >= 11 is 0. The maximum absolute atomic E-state index is 12.0. The van der Waals surface area contributed by atoms with Crippen LogP contribution in [0.3, 0.4) is 0 Å². The lowest BCUT2D eigenvalue weighted by Crippen LogP contribution is -2.56. The molecule has 8 heteroatoms. The van der Waals surface area contributed by atoms with Gasteiger partial charge in [-0.05, 0) is 0 Å². The van der Waals surface area contributed by atoms with Gasteiger partial charge in [0.1, 0.15) is 0 Å². The van der Waals surface area contributed by atoms with E-state index < -0.39 is 10.0 Å². The molecule has 0 aliphatic carbocycles. The van der Waals surface area contributed by atoms with Crippen LogP contribution in [0.2, 0.25) is 0 Å². The molecule has 1 N–H and O–H groups in total. The third kappa shape index (κ3) is 3.65. The van der Waals surface area contributed by atoms with Gasteiger partial charge < -0.3 is 10.0 Å². The smallest absolute Gasteiger partial charge is 0.236 e. The molecule has 0 saturated carbocycles.